The molecule has 6 heteroatoms. The van der Waals surface area contributed by atoms with Gasteiger partial charge in [0, 0.05) is 12.1 Å². The maximum Gasteiger partial charge on any atom is 0.416 e. The molecule has 2 aromatic rings. The SMILES string of the molecule is Fc1ccccc1CNc1cc(C(F)(F)F)ccc1Cl. The van der Waals surface area contributed by atoms with Gasteiger partial charge in [0.1, 0.15) is 5.82 Å². The lowest BCUT2D eigenvalue weighted by Crippen LogP contribution is -2.07. The van der Waals surface area contributed by atoms with Crippen molar-refractivity contribution in [2.45, 2.75) is 12.7 Å². The highest BCUT2D eigenvalue weighted by molar-refractivity contribution is 6.33. The Bertz CT molecular complexity index is 610. The predicted molar refractivity (Wildman–Crippen MR) is 70.2 cm³/mol. The Balaban J connectivity index is 2.19. The molecule has 1 nitrogen and oxygen atoms in total. The van der Waals surface area contributed by atoms with E-state index in [0.717, 1.165) is 18.2 Å². The fourth-order valence-corrected chi connectivity index (χ4v) is 1.85. The average molecular weight is 304 g/mol. The fraction of sp³-hybridized carbons (Fsp3) is 0.143. The molecule has 0 atom stereocenters. The van der Waals surface area contributed by atoms with Gasteiger partial charge in [0.05, 0.1) is 16.3 Å². The van der Waals surface area contributed by atoms with Gasteiger partial charge in [-0.3, -0.25) is 0 Å². The van der Waals surface area contributed by atoms with E-state index in [0.29, 0.717) is 5.56 Å². The number of rotatable bonds is 3. The van der Waals surface area contributed by atoms with Crippen LogP contribution in [0.5, 0.6) is 0 Å². The third-order valence-electron chi connectivity index (χ3n) is 2.72. The van der Waals surface area contributed by atoms with Gasteiger partial charge >= 0.3 is 6.18 Å². The molecule has 106 valence electrons. The van der Waals surface area contributed by atoms with Crippen LogP contribution in [0.3, 0.4) is 0 Å². The zero-order valence-corrected chi connectivity index (χ0v) is 10.9. The molecular weight excluding hydrogens is 294 g/mol. The minimum atomic E-state index is -4.45. The highest BCUT2D eigenvalue weighted by atomic mass is 35.5. The molecule has 0 aliphatic rings. The van der Waals surface area contributed by atoms with Gasteiger partial charge in [-0.25, -0.2) is 4.39 Å². The Morgan fingerprint density at radius 1 is 1.05 bits per heavy atom. The molecule has 0 bridgehead atoms. The van der Waals surface area contributed by atoms with Crippen molar-refractivity contribution in [3.05, 3.63) is 64.4 Å². The van der Waals surface area contributed by atoms with E-state index in [2.05, 4.69) is 5.32 Å². The van der Waals surface area contributed by atoms with Crippen molar-refractivity contribution < 1.29 is 17.6 Å². The topological polar surface area (TPSA) is 12.0 Å². The molecule has 0 amide bonds. The van der Waals surface area contributed by atoms with Gasteiger partial charge < -0.3 is 5.32 Å². The van der Waals surface area contributed by atoms with Crippen molar-refractivity contribution in [2.75, 3.05) is 5.32 Å². The maximum absolute atomic E-state index is 13.4. The summed E-state index contributed by atoms with van der Waals surface area (Å²) < 4.78 is 51.2. The third kappa shape index (κ3) is 3.42. The lowest BCUT2D eigenvalue weighted by molar-refractivity contribution is -0.137. The molecule has 0 aliphatic heterocycles. The molecular formula is C14H10ClF4N. The molecule has 0 saturated heterocycles. The number of hydrogen-bond acceptors (Lipinski definition) is 1. The van der Waals surface area contributed by atoms with Crippen LogP contribution in [-0.4, -0.2) is 0 Å². The van der Waals surface area contributed by atoms with E-state index in [1.165, 1.54) is 12.1 Å². The molecule has 20 heavy (non-hydrogen) atoms. The van der Waals surface area contributed by atoms with Crippen molar-refractivity contribution in [3.63, 3.8) is 0 Å². The molecule has 2 rings (SSSR count). The Labute approximate surface area is 118 Å². The van der Waals surface area contributed by atoms with Crippen molar-refractivity contribution in [1.82, 2.24) is 0 Å². The van der Waals surface area contributed by atoms with Crippen molar-refractivity contribution in [2.24, 2.45) is 0 Å². The molecule has 2 aromatic carbocycles. The van der Waals surface area contributed by atoms with Crippen LogP contribution in [0, 0.1) is 5.82 Å². The zero-order valence-electron chi connectivity index (χ0n) is 10.1. The molecule has 0 fully saturated rings. The minimum absolute atomic E-state index is 0.0493. The first kappa shape index (κ1) is 14.7. The number of nitrogens with one attached hydrogen (secondary N) is 1. The van der Waals surface area contributed by atoms with Crippen LogP contribution in [0.25, 0.3) is 0 Å². The van der Waals surface area contributed by atoms with Crippen molar-refractivity contribution >= 4 is 17.3 Å². The number of halogens is 5. The normalized spacial score (nSPS) is 11.4. The molecule has 0 aliphatic carbocycles. The van der Waals surface area contributed by atoms with Gasteiger partial charge in [-0.05, 0) is 24.3 Å². The fourth-order valence-electron chi connectivity index (χ4n) is 1.67. The van der Waals surface area contributed by atoms with Crippen LogP contribution in [0.1, 0.15) is 11.1 Å². The van der Waals surface area contributed by atoms with Gasteiger partial charge in [-0.1, -0.05) is 29.8 Å². The summed E-state index contributed by atoms with van der Waals surface area (Å²) in [6.45, 7) is 0.0493. The summed E-state index contributed by atoms with van der Waals surface area (Å²) >= 11 is 5.83. The number of anilines is 1. The van der Waals surface area contributed by atoms with Crippen LogP contribution in [0.4, 0.5) is 23.2 Å². The van der Waals surface area contributed by atoms with Gasteiger partial charge in [-0.2, -0.15) is 13.2 Å². The highest BCUT2D eigenvalue weighted by Gasteiger charge is 2.30. The standard InChI is InChI=1S/C14H10ClF4N/c15-11-6-5-10(14(17,18)19)7-13(11)20-8-9-3-1-2-4-12(9)16/h1-7,20H,8H2. The molecule has 0 heterocycles. The highest BCUT2D eigenvalue weighted by Crippen LogP contribution is 2.34. The van der Waals surface area contributed by atoms with E-state index in [1.54, 1.807) is 12.1 Å². The molecule has 0 aromatic heterocycles. The van der Waals surface area contributed by atoms with E-state index in [1.807, 2.05) is 0 Å². The quantitative estimate of drug-likeness (QED) is 0.777. The van der Waals surface area contributed by atoms with Gasteiger partial charge in [-0.15, -0.1) is 0 Å². The zero-order chi connectivity index (χ0) is 14.8. The molecule has 0 unspecified atom stereocenters. The van der Waals surface area contributed by atoms with Crippen LogP contribution in [0.15, 0.2) is 42.5 Å². The first-order valence-corrected chi connectivity index (χ1v) is 6.10. The van der Waals surface area contributed by atoms with Gasteiger partial charge in [0.25, 0.3) is 0 Å². The molecule has 0 radical (unpaired) electrons. The maximum atomic E-state index is 13.4. The minimum Gasteiger partial charge on any atom is -0.380 e. The Kier molecular flexibility index (Phi) is 4.18. The van der Waals surface area contributed by atoms with Crippen LogP contribution in [0.2, 0.25) is 5.02 Å². The Hall–Kier alpha value is -1.75. The van der Waals surface area contributed by atoms with E-state index in [9.17, 15) is 17.6 Å². The lowest BCUT2D eigenvalue weighted by atomic mass is 10.1. The summed E-state index contributed by atoms with van der Waals surface area (Å²) in [4.78, 5) is 0. The molecule has 1 N–H and O–H groups in total. The summed E-state index contributed by atoms with van der Waals surface area (Å²) in [5.74, 6) is -0.428. The first-order chi connectivity index (χ1) is 9.38. The summed E-state index contributed by atoms with van der Waals surface area (Å²) in [6, 6.07) is 8.98. The van der Waals surface area contributed by atoms with E-state index in [-0.39, 0.29) is 17.3 Å². The summed E-state index contributed by atoms with van der Waals surface area (Å²) in [5.41, 5.74) is -0.344. The van der Waals surface area contributed by atoms with Crippen LogP contribution >= 0.6 is 11.6 Å². The van der Waals surface area contributed by atoms with Gasteiger partial charge in [0.2, 0.25) is 0 Å². The number of benzene rings is 2. The van der Waals surface area contributed by atoms with Crippen LogP contribution in [-0.2, 0) is 12.7 Å². The van der Waals surface area contributed by atoms with Crippen molar-refractivity contribution in [3.8, 4) is 0 Å². The summed E-state index contributed by atoms with van der Waals surface area (Å²) in [5, 5.41) is 2.86. The largest absolute Gasteiger partial charge is 0.416 e. The van der Waals surface area contributed by atoms with Gasteiger partial charge in [0.15, 0.2) is 0 Å². The molecule has 0 saturated carbocycles. The second-order valence-corrected chi connectivity index (χ2v) is 4.54. The second kappa shape index (κ2) is 5.71. The van der Waals surface area contributed by atoms with Crippen LogP contribution < -0.4 is 5.32 Å². The first-order valence-electron chi connectivity index (χ1n) is 5.72. The predicted octanol–water partition coefficient (Wildman–Crippen LogP) is 5.11. The van der Waals surface area contributed by atoms with E-state index >= 15 is 0 Å². The van der Waals surface area contributed by atoms with E-state index in [4.69, 9.17) is 11.6 Å². The Morgan fingerprint density at radius 3 is 2.40 bits per heavy atom. The van der Waals surface area contributed by atoms with Crippen molar-refractivity contribution in [1.29, 1.82) is 0 Å². The third-order valence-corrected chi connectivity index (χ3v) is 3.05. The lowest BCUT2D eigenvalue weighted by Gasteiger charge is -2.12. The summed E-state index contributed by atoms with van der Waals surface area (Å²) in [7, 11) is 0. The number of alkyl halides is 3. The Morgan fingerprint density at radius 2 is 1.75 bits per heavy atom. The monoisotopic (exact) mass is 303 g/mol. The summed E-state index contributed by atoms with van der Waals surface area (Å²) in [6.07, 6.45) is -4.45. The van der Waals surface area contributed by atoms with E-state index < -0.39 is 17.6 Å². The second-order valence-electron chi connectivity index (χ2n) is 4.14. The average Bonchev–Trinajstić information content (AvgIpc) is 2.38. The smallest absolute Gasteiger partial charge is 0.380 e. The number of hydrogen-bond donors (Lipinski definition) is 1. The molecule has 0 spiro atoms.